The molecule has 3 heteroatoms. The smallest absolute Gasteiger partial charge is 0.0699 e. The maximum atomic E-state index is 10.7. The maximum absolute atomic E-state index is 10.7. The van der Waals surface area contributed by atoms with Crippen molar-refractivity contribution < 1.29 is 14.6 Å². The summed E-state index contributed by atoms with van der Waals surface area (Å²) in [6.45, 7) is 5.28. The van der Waals surface area contributed by atoms with Gasteiger partial charge in [0.05, 0.1) is 19.3 Å². The van der Waals surface area contributed by atoms with E-state index in [1.54, 1.807) is 14.2 Å². The second kappa shape index (κ2) is 7.55. The number of hydrogen-bond donors (Lipinski definition) is 1. The van der Waals surface area contributed by atoms with Crippen LogP contribution in [0, 0.1) is 17.8 Å². The molecule has 4 atom stereocenters. The van der Waals surface area contributed by atoms with E-state index in [1.165, 1.54) is 0 Å². The zero-order valence-electron chi connectivity index (χ0n) is 12.7. The van der Waals surface area contributed by atoms with Crippen molar-refractivity contribution in [1.82, 2.24) is 0 Å². The second-order valence-corrected chi connectivity index (χ2v) is 5.53. The van der Waals surface area contributed by atoms with Gasteiger partial charge in [0.15, 0.2) is 0 Å². The lowest BCUT2D eigenvalue weighted by Gasteiger charge is -2.37. The molecule has 0 saturated heterocycles. The largest absolute Gasteiger partial charge is 0.392 e. The number of methoxy groups -OCH3 is 2. The first kappa shape index (κ1) is 16.0. The predicted molar refractivity (Wildman–Crippen MR) is 84.8 cm³/mol. The first-order valence-electron chi connectivity index (χ1n) is 7.27. The van der Waals surface area contributed by atoms with Crippen LogP contribution in [-0.2, 0) is 9.47 Å². The van der Waals surface area contributed by atoms with Crippen molar-refractivity contribution in [2.75, 3.05) is 27.4 Å². The van der Waals surface area contributed by atoms with Crippen molar-refractivity contribution in [2.24, 2.45) is 17.8 Å². The van der Waals surface area contributed by atoms with Crippen LogP contribution in [-0.4, -0.2) is 38.6 Å². The normalized spacial score (nSPS) is 28.5. The molecule has 1 aliphatic carbocycles. The van der Waals surface area contributed by atoms with Crippen LogP contribution in [0.25, 0.3) is 5.57 Å². The highest BCUT2D eigenvalue weighted by Crippen LogP contribution is 2.36. The fourth-order valence-corrected chi connectivity index (χ4v) is 2.99. The molecule has 1 aliphatic rings. The molecule has 0 radical (unpaired) electrons. The number of ether oxygens (including phenoxy) is 2. The van der Waals surface area contributed by atoms with Crippen molar-refractivity contribution in [3.8, 4) is 0 Å². The molecule has 1 N–H and O–H groups in total. The van der Waals surface area contributed by atoms with Gasteiger partial charge >= 0.3 is 0 Å². The van der Waals surface area contributed by atoms with E-state index in [2.05, 4.69) is 18.7 Å². The molecule has 0 aromatic heterocycles. The van der Waals surface area contributed by atoms with Gasteiger partial charge in [0.25, 0.3) is 0 Å². The fraction of sp³-hybridized carbons (Fsp3) is 0.444. The highest BCUT2D eigenvalue weighted by atomic mass is 16.5. The number of aliphatic hydroxyl groups excluding tert-OH is 1. The van der Waals surface area contributed by atoms with Gasteiger partial charge in [0.1, 0.15) is 0 Å². The van der Waals surface area contributed by atoms with Crippen LogP contribution in [0.3, 0.4) is 0 Å². The van der Waals surface area contributed by atoms with Crippen molar-refractivity contribution in [1.29, 1.82) is 0 Å². The fourth-order valence-electron chi connectivity index (χ4n) is 2.99. The number of hydrogen-bond acceptors (Lipinski definition) is 3. The quantitative estimate of drug-likeness (QED) is 0.818. The Morgan fingerprint density at radius 2 is 1.76 bits per heavy atom. The Kier molecular flexibility index (Phi) is 5.74. The molecule has 1 aromatic rings. The lowest BCUT2D eigenvalue weighted by atomic mass is 9.73. The van der Waals surface area contributed by atoms with Crippen molar-refractivity contribution in [3.63, 3.8) is 0 Å². The van der Waals surface area contributed by atoms with E-state index >= 15 is 0 Å². The van der Waals surface area contributed by atoms with Gasteiger partial charge in [-0.05, 0) is 11.1 Å². The van der Waals surface area contributed by atoms with Crippen LogP contribution < -0.4 is 0 Å². The Morgan fingerprint density at radius 3 is 2.38 bits per heavy atom. The molecule has 0 spiro atoms. The van der Waals surface area contributed by atoms with Gasteiger partial charge in [-0.15, -0.1) is 0 Å². The van der Waals surface area contributed by atoms with E-state index in [4.69, 9.17) is 9.47 Å². The minimum Gasteiger partial charge on any atom is -0.392 e. The molecule has 1 aromatic carbocycles. The monoisotopic (exact) mass is 288 g/mol. The molecule has 0 amide bonds. The molecule has 0 bridgehead atoms. The summed E-state index contributed by atoms with van der Waals surface area (Å²) in [5.74, 6) is 0.107. The first-order valence-corrected chi connectivity index (χ1v) is 7.27. The maximum Gasteiger partial charge on any atom is 0.0699 e. The van der Waals surface area contributed by atoms with Crippen molar-refractivity contribution in [2.45, 2.75) is 6.10 Å². The van der Waals surface area contributed by atoms with Gasteiger partial charge < -0.3 is 14.6 Å². The molecule has 0 heterocycles. The van der Waals surface area contributed by atoms with Crippen LogP contribution in [0.5, 0.6) is 0 Å². The highest BCUT2D eigenvalue weighted by molar-refractivity contribution is 5.67. The molecule has 0 unspecified atom stereocenters. The molecule has 0 fully saturated rings. The Hall–Kier alpha value is -1.42. The lowest BCUT2D eigenvalue weighted by Crippen LogP contribution is -2.40. The van der Waals surface area contributed by atoms with Gasteiger partial charge in [-0.2, -0.15) is 0 Å². The lowest BCUT2D eigenvalue weighted by molar-refractivity contribution is -0.00949. The minimum absolute atomic E-state index is 0.0189. The van der Waals surface area contributed by atoms with E-state index < -0.39 is 6.10 Å². The summed E-state index contributed by atoms with van der Waals surface area (Å²) in [6, 6.07) is 10.00. The average molecular weight is 288 g/mol. The molecule has 0 saturated carbocycles. The molecule has 2 rings (SSSR count). The number of rotatable bonds is 6. The Morgan fingerprint density at radius 1 is 1.10 bits per heavy atom. The van der Waals surface area contributed by atoms with Gasteiger partial charge in [-0.3, -0.25) is 0 Å². The summed E-state index contributed by atoms with van der Waals surface area (Å²) in [7, 11) is 3.34. The van der Waals surface area contributed by atoms with Crippen LogP contribution in [0.1, 0.15) is 5.56 Å². The van der Waals surface area contributed by atoms with E-state index in [-0.39, 0.29) is 17.8 Å². The molecular weight excluding hydrogens is 264 g/mol. The van der Waals surface area contributed by atoms with Gasteiger partial charge in [-0.25, -0.2) is 0 Å². The van der Waals surface area contributed by atoms with Gasteiger partial charge in [0, 0.05) is 32.0 Å². The summed E-state index contributed by atoms with van der Waals surface area (Å²) in [4.78, 5) is 0. The third-order valence-corrected chi connectivity index (χ3v) is 4.19. The molecule has 3 nitrogen and oxygen atoms in total. The zero-order chi connectivity index (χ0) is 15.2. The van der Waals surface area contributed by atoms with Crippen LogP contribution in [0.4, 0.5) is 0 Å². The number of aliphatic hydroxyl groups is 1. The molecule has 114 valence electrons. The predicted octanol–water partition coefficient (Wildman–Crippen LogP) is 2.77. The van der Waals surface area contributed by atoms with Gasteiger partial charge in [-0.1, -0.05) is 49.1 Å². The third kappa shape index (κ3) is 3.62. The minimum atomic E-state index is -0.511. The number of benzene rings is 1. The Bertz CT molecular complexity index is 480. The molecule has 21 heavy (non-hydrogen) atoms. The zero-order valence-corrected chi connectivity index (χ0v) is 12.7. The van der Waals surface area contributed by atoms with Crippen LogP contribution in [0.15, 0.2) is 49.1 Å². The van der Waals surface area contributed by atoms with Crippen LogP contribution in [0.2, 0.25) is 0 Å². The van der Waals surface area contributed by atoms with Crippen LogP contribution >= 0.6 is 0 Å². The summed E-state index contributed by atoms with van der Waals surface area (Å²) in [6.07, 6.45) is 3.66. The van der Waals surface area contributed by atoms with Gasteiger partial charge in [0.2, 0.25) is 0 Å². The summed E-state index contributed by atoms with van der Waals surface area (Å²) >= 11 is 0. The third-order valence-electron chi connectivity index (χ3n) is 4.19. The highest BCUT2D eigenvalue weighted by Gasteiger charge is 2.36. The standard InChI is InChI=1S/C18H24O3/c1-13(14-7-5-4-6-8-14)16-10-9-15(11-20-2)17(12-21-3)18(16)19/h4-10,15-19H,1,11-12H2,2-3H3/t15-,16+,17+,18-/m0/s1. The summed E-state index contributed by atoms with van der Waals surface area (Å²) in [5.41, 5.74) is 2.00. The molecular formula is C18H24O3. The summed E-state index contributed by atoms with van der Waals surface area (Å²) < 4.78 is 10.5. The van der Waals surface area contributed by atoms with E-state index in [9.17, 15) is 5.11 Å². The van der Waals surface area contributed by atoms with E-state index in [0.717, 1.165) is 11.1 Å². The molecule has 0 aliphatic heterocycles. The van der Waals surface area contributed by atoms with E-state index in [1.807, 2.05) is 30.3 Å². The van der Waals surface area contributed by atoms with Crippen molar-refractivity contribution >= 4 is 5.57 Å². The Balaban J connectivity index is 2.21. The first-order chi connectivity index (χ1) is 10.2. The Labute approximate surface area is 126 Å². The average Bonchev–Trinajstić information content (AvgIpc) is 2.51. The van der Waals surface area contributed by atoms with Crippen molar-refractivity contribution in [3.05, 3.63) is 54.6 Å². The van der Waals surface area contributed by atoms with E-state index in [0.29, 0.717) is 13.2 Å². The topological polar surface area (TPSA) is 38.7 Å². The summed E-state index contributed by atoms with van der Waals surface area (Å²) in [5, 5.41) is 10.7. The second-order valence-electron chi connectivity index (χ2n) is 5.53. The SMILES string of the molecule is C=C(c1ccccc1)[C@H]1C=C[C@@H](COC)[C@@H](COC)[C@H]1O.